The van der Waals surface area contributed by atoms with E-state index in [4.69, 9.17) is 21.3 Å². The Labute approximate surface area is 196 Å². The number of hydrogen-bond acceptors (Lipinski definition) is 3. The average Bonchev–Trinajstić information content (AvgIpc) is 3.35. The molecule has 0 saturated carbocycles. The molecule has 2 aliphatic rings. The van der Waals surface area contributed by atoms with Gasteiger partial charge in [0.25, 0.3) is 0 Å². The van der Waals surface area contributed by atoms with Crippen molar-refractivity contribution in [3.8, 4) is 0 Å². The number of methoxy groups -OCH3 is 1. The van der Waals surface area contributed by atoms with Crippen molar-refractivity contribution in [3.05, 3.63) is 34.6 Å². The summed E-state index contributed by atoms with van der Waals surface area (Å²) in [6.45, 7) is 7.97. The predicted octanol–water partition coefficient (Wildman–Crippen LogP) is 4.17. The zero-order valence-electron chi connectivity index (χ0n) is 17.4. The highest BCUT2D eigenvalue weighted by molar-refractivity contribution is 14.0. The lowest BCUT2D eigenvalue weighted by Crippen LogP contribution is -2.41. The van der Waals surface area contributed by atoms with Gasteiger partial charge in [0.1, 0.15) is 5.82 Å². The molecule has 0 aromatic heterocycles. The van der Waals surface area contributed by atoms with Gasteiger partial charge in [0.15, 0.2) is 5.96 Å². The van der Waals surface area contributed by atoms with Gasteiger partial charge in [-0.3, -0.25) is 9.89 Å². The second-order valence-corrected chi connectivity index (χ2v) is 8.05. The van der Waals surface area contributed by atoms with Gasteiger partial charge in [-0.05, 0) is 51.4 Å². The third-order valence-corrected chi connectivity index (χ3v) is 5.98. The van der Waals surface area contributed by atoms with E-state index in [1.807, 2.05) is 0 Å². The first-order chi connectivity index (χ1) is 13.6. The summed E-state index contributed by atoms with van der Waals surface area (Å²) in [5.41, 5.74) is 0.573. The first-order valence-corrected chi connectivity index (χ1v) is 10.7. The Bertz CT molecular complexity index is 652. The molecule has 0 aliphatic carbocycles. The van der Waals surface area contributed by atoms with E-state index >= 15 is 0 Å². The van der Waals surface area contributed by atoms with Crippen LogP contribution in [0.5, 0.6) is 0 Å². The number of nitrogens with zero attached hydrogens (tertiary/aromatic N) is 3. The van der Waals surface area contributed by atoms with Gasteiger partial charge in [-0.15, -0.1) is 24.0 Å². The van der Waals surface area contributed by atoms with Crippen molar-refractivity contribution in [3.63, 3.8) is 0 Å². The molecule has 164 valence electrons. The summed E-state index contributed by atoms with van der Waals surface area (Å²) in [6.07, 6.45) is 3.38. The Balaban J connectivity index is 0.00000300. The Hall–Kier alpha value is -0.640. The SMILES string of the molecule is CCNC(=NCC(c1c(F)cccc1Cl)N1CCCC1)N1CCC(COC)C1.I. The summed E-state index contributed by atoms with van der Waals surface area (Å²) in [5.74, 6) is 1.19. The third-order valence-electron chi connectivity index (χ3n) is 5.65. The zero-order chi connectivity index (χ0) is 19.9. The van der Waals surface area contributed by atoms with Crippen LogP contribution >= 0.6 is 35.6 Å². The normalized spacial score (nSPS) is 21.3. The van der Waals surface area contributed by atoms with Gasteiger partial charge in [-0.1, -0.05) is 17.7 Å². The van der Waals surface area contributed by atoms with Crippen molar-refractivity contribution in [2.75, 3.05) is 53.0 Å². The zero-order valence-corrected chi connectivity index (χ0v) is 20.5. The first kappa shape index (κ1) is 24.6. The summed E-state index contributed by atoms with van der Waals surface area (Å²) in [7, 11) is 1.75. The lowest BCUT2D eigenvalue weighted by atomic mass is 10.0. The molecule has 29 heavy (non-hydrogen) atoms. The van der Waals surface area contributed by atoms with Crippen molar-refractivity contribution in [1.29, 1.82) is 0 Å². The molecule has 1 aromatic carbocycles. The van der Waals surface area contributed by atoms with Crippen LogP contribution in [0, 0.1) is 11.7 Å². The molecule has 0 radical (unpaired) electrons. The van der Waals surface area contributed by atoms with Crippen molar-refractivity contribution in [2.45, 2.75) is 32.2 Å². The standard InChI is InChI=1S/C21H32ClFN4O.HI/c1-3-24-21(27-12-9-16(14-27)15-28-2)25-13-19(26-10-4-5-11-26)20-17(22)7-6-8-18(20)23;/h6-8,16,19H,3-5,9-15H2,1-2H3,(H,24,25);1H. The van der Waals surface area contributed by atoms with Gasteiger partial charge in [0, 0.05) is 43.2 Å². The monoisotopic (exact) mass is 538 g/mol. The topological polar surface area (TPSA) is 40.1 Å². The van der Waals surface area contributed by atoms with Crippen LogP contribution in [0.3, 0.4) is 0 Å². The number of benzene rings is 1. The van der Waals surface area contributed by atoms with Gasteiger partial charge in [0.2, 0.25) is 0 Å². The maximum Gasteiger partial charge on any atom is 0.193 e. The smallest absolute Gasteiger partial charge is 0.193 e. The fourth-order valence-corrected chi connectivity index (χ4v) is 4.56. The largest absolute Gasteiger partial charge is 0.384 e. The minimum Gasteiger partial charge on any atom is -0.384 e. The van der Waals surface area contributed by atoms with Crippen molar-refractivity contribution in [2.24, 2.45) is 10.9 Å². The minimum atomic E-state index is -0.245. The molecule has 1 aromatic rings. The first-order valence-electron chi connectivity index (χ1n) is 10.3. The van der Waals surface area contributed by atoms with E-state index in [1.54, 1.807) is 19.2 Å². The molecule has 2 atom stereocenters. The van der Waals surface area contributed by atoms with Gasteiger partial charge < -0.3 is 15.0 Å². The summed E-state index contributed by atoms with van der Waals surface area (Å²) in [4.78, 5) is 9.52. The number of guanidine groups is 1. The van der Waals surface area contributed by atoms with Crippen LogP contribution in [-0.2, 0) is 4.74 Å². The number of aliphatic imine (C=N–C) groups is 1. The van der Waals surface area contributed by atoms with Crippen molar-refractivity contribution >= 4 is 41.5 Å². The lowest BCUT2D eigenvalue weighted by Gasteiger charge is -2.29. The molecule has 8 heteroatoms. The number of rotatable bonds is 7. The molecule has 2 fully saturated rings. The van der Waals surface area contributed by atoms with Gasteiger partial charge in [-0.25, -0.2) is 4.39 Å². The number of nitrogens with one attached hydrogen (secondary N) is 1. The van der Waals surface area contributed by atoms with Crippen LogP contribution in [0.1, 0.15) is 37.8 Å². The quantitative estimate of drug-likeness (QED) is 0.321. The van der Waals surface area contributed by atoms with Crippen LogP contribution in [-0.4, -0.2) is 68.7 Å². The molecular formula is C21H33ClFIN4O. The second-order valence-electron chi connectivity index (χ2n) is 7.64. The number of halogens is 3. The Morgan fingerprint density at radius 1 is 1.34 bits per heavy atom. The Morgan fingerprint density at radius 3 is 2.76 bits per heavy atom. The number of ether oxygens (including phenoxy) is 1. The van der Waals surface area contributed by atoms with Gasteiger partial charge >= 0.3 is 0 Å². The predicted molar refractivity (Wildman–Crippen MR) is 128 cm³/mol. The maximum atomic E-state index is 14.7. The molecule has 5 nitrogen and oxygen atoms in total. The maximum absolute atomic E-state index is 14.7. The highest BCUT2D eigenvalue weighted by atomic mass is 127. The summed E-state index contributed by atoms with van der Waals surface area (Å²) in [6, 6.07) is 4.79. The molecule has 2 aliphatic heterocycles. The lowest BCUT2D eigenvalue weighted by molar-refractivity contribution is 0.157. The van der Waals surface area contributed by atoms with Crippen LogP contribution in [0.25, 0.3) is 0 Å². The molecule has 2 saturated heterocycles. The molecule has 1 N–H and O–H groups in total. The van der Waals surface area contributed by atoms with Crippen LogP contribution in [0.15, 0.2) is 23.2 Å². The van der Waals surface area contributed by atoms with Crippen molar-refractivity contribution < 1.29 is 9.13 Å². The molecule has 0 spiro atoms. The van der Waals surface area contributed by atoms with Crippen molar-refractivity contribution in [1.82, 2.24) is 15.1 Å². The number of hydrogen-bond donors (Lipinski definition) is 1. The van der Waals surface area contributed by atoms with Gasteiger partial charge in [-0.2, -0.15) is 0 Å². The minimum absolute atomic E-state index is 0. The van der Waals surface area contributed by atoms with E-state index in [2.05, 4.69) is 22.0 Å². The second kappa shape index (κ2) is 12.3. The van der Waals surface area contributed by atoms with Gasteiger partial charge in [0.05, 0.1) is 19.2 Å². The third kappa shape index (κ3) is 6.42. The molecule has 2 heterocycles. The molecule has 0 amide bonds. The summed E-state index contributed by atoms with van der Waals surface area (Å²) in [5, 5.41) is 3.89. The fourth-order valence-electron chi connectivity index (χ4n) is 4.27. The highest BCUT2D eigenvalue weighted by Crippen LogP contribution is 2.32. The Morgan fingerprint density at radius 2 is 2.10 bits per heavy atom. The highest BCUT2D eigenvalue weighted by Gasteiger charge is 2.29. The van der Waals surface area contributed by atoms with E-state index in [1.165, 1.54) is 6.07 Å². The van der Waals surface area contributed by atoms with E-state index in [0.717, 1.165) is 64.6 Å². The van der Waals surface area contributed by atoms with Crippen LogP contribution in [0.4, 0.5) is 4.39 Å². The summed E-state index contributed by atoms with van der Waals surface area (Å²) >= 11 is 6.41. The molecule has 2 unspecified atom stereocenters. The van der Waals surface area contributed by atoms with E-state index in [9.17, 15) is 4.39 Å². The molecule has 3 rings (SSSR count). The Kier molecular flexibility index (Phi) is 10.4. The van der Waals surface area contributed by atoms with Crippen LogP contribution in [0.2, 0.25) is 5.02 Å². The average molecular weight is 539 g/mol. The van der Waals surface area contributed by atoms with E-state index in [0.29, 0.717) is 23.0 Å². The molecule has 0 bridgehead atoms. The van der Waals surface area contributed by atoms with Crippen LogP contribution < -0.4 is 5.32 Å². The molecular weight excluding hydrogens is 506 g/mol. The van der Waals surface area contributed by atoms with E-state index < -0.39 is 0 Å². The number of likely N-dealkylation sites (tertiary alicyclic amines) is 2. The fraction of sp³-hybridized carbons (Fsp3) is 0.667. The van der Waals surface area contributed by atoms with E-state index in [-0.39, 0.29) is 35.8 Å². The summed E-state index contributed by atoms with van der Waals surface area (Å²) < 4.78 is 20.0.